The molecule has 3 rings (SSSR count). The van der Waals surface area contributed by atoms with Crippen LogP contribution >= 0.6 is 47.2 Å². The van der Waals surface area contributed by atoms with E-state index in [1.165, 1.54) is 4.90 Å². The second-order valence-corrected chi connectivity index (χ2v) is 8.78. The fourth-order valence-electron chi connectivity index (χ4n) is 2.75. The molecule has 0 spiro atoms. The molecule has 0 aromatic heterocycles. The molecule has 0 aliphatic carbocycles. The molecule has 2 amide bonds. The van der Waals surface area contributed by atoms with Crippen molar-refractivity contribution in [3.05, 3.63) is 63.0 Å². The zero-order valence-corrected chi connectivity index (χ0v) is 19.3. The molecular weight excluding hydrogens is 463 g/mol. The Morgan fingerprint density at radius 1 is 1.27 bits per heavy atom. The van der Waals surface area contributed by atoms with Gasteiger partial charge in [-0.15, -0.1) is 0 Å². The van der Waals surface area contributed by atoms with Crippen LogP contribution in [-0.2, 0) is 9.59 Å². The van der Waals surface area contributed by atoms with Crippen molar-refractivity contribution < 1.29 is 14.3 Å². The highest BCUT2D eigenvalue weighted by Gasteiger charge is 2.38. The molecule has 1 unspecified atom stereocenters. The molecule has 1 fully saturated rings. The van der Waals surface area contributed by atoms with E-state index in [4.69, 9.17) is 40.2 Å². The molecule has 1 saturated heterocycles. The van der Waals surface area contributed by atoms with E-state index in [0.717, 1.165) is 11.8 Å². The van der Waals surface area contributed by atoms with Crippen molar-refractivity contribution in [2.45, 2.75) is 19.9 Å². The predicted molar refractivity (Wildman–Crippen MR) is 127 cm³/mol. The number of amides is 2. The number of carbonyl (C=O) groups excluding carboxylic acids is 2. The molecule has 5 nitrogen and oxygen atoms in total. The maximum atomic E-state index is 12.9. The number of carbonyl (C=O) groups is 2. The van der Waals surface area contributed by atoms with Crippen molar-refractivity contribution in [2.75, 3.05) is 11.9 Å². The van der Waals surface area contributed by atoms with E-state index in [1.807, 2.05) is 6.92 Å². The van der Waals surface area contributed by atoms with Gasteiger partial charge in [-0.1, -0.05) is 59.3 Å². The van der Waals surface area contributed by atoms with Crippen molar-refractivity contribution in [1.82, 2.24) is 4.90 Å². The lowest BCUT2D eigenvalue weighted by Gasteiger charge is -2.22. The van der Waals surface area contributed by atoms with Crippen LogP contribution in [0.3, 0.4) is 0 Å². The zero-order chi connectivity index (χ0) is 21.8. The van der Waals surface area contributed by atoms with Crippen molar-refractivity contribution >= 4 is 75.1 Å². The molecule has 9 heteroatoms. The summed E-state index contributed by atoms with van der Waals surface area (Å²) in [5.74, 6) is 0.0122. The van der Waals surface area contributed by atoms with Crippen molar-refractivity contribution in [2.24, 2.45) is 0 Å². The number of hydrogen-bond acceptors (Lipinski definition) is 5. The Labute approximate surface area is 194 Å². The van der Waals surface area contributed by atoms with Gasteiger partial charge in [-0.2, -0.15) is 0 Å². The summed E-state index contributed by atoms with van der Waals surface area (Å²) in [5.41, 5.74) is 1.21. The summed E-state index contributed by atoms with van der Waals surface area (Å²) in [4.78, 5) is 27.3. The van der Waals surface area contributed by atoms with Crippen molar-refractivity contribution in [3.8, 4) is 5.75 Å². The summed E-state index contributed by atoms with van der Waals surface area (Å²) in [5, 5.41) is 3.54. The van der Waals surface area contributed by atoms with Crippen LogP contribution < -0.4 is 10.1 Å². The Balaban J connectivity index is 1.74. The Morgan fingerprint density at radius 3 is 2.63 bits per heavy atom. The van der Waals surface area contributed by atoms with Crippen LogP contribution in [0.25, 0.3) is 6.08 Å². The fraction of sp³-hybridized carbons (Fsp3) is 0.190. The standard InChI is InChI=1S/C21H18Cl2N2O3S2/c1-3-28-15-9-7-14(8-10-15)24-19(26)12(2)25-20(27)17(30-21(25)29)11-13-5-4-6-16(22)18(13)23/h4-12H,3H2,1-2H3,(H,24,26)/b17-11-. The number of hydrogen-bond donors (Lipinski definition) is 1. The second-order valence-electron chi connectivity index (χ2n) is 6.32. The molecule has 1 aliphatic rings. The Bertz CT molecular complexity index is 1030. The monoisotopic (exact) mass is 480 g/mol. The number of benzene rings is 2. The Morgan fingerprint density at radius 2 is 1.97 bits per heavy atom. The lowest BCUT2D eigenvalue weighted by Crippen LogP contribution is -2.44. The molecule has 1 heterocycles. The molecule has 2 aromatic carbocycles. The SMILES string of the molecule is CCOc1ccc(NC(=O)C(C)N2C(=O)/C(=C/c3cccc(Cl)c3Cl)SC2=S)cc1. The Hall–Kier alpha value is -2.06. The van der Waals surface area contributed by atoms with Gasteiger partial charge in [0.15, 0.2) is 0 Å². The minimum atomic E-state index is -0.787. The van der Waals surface area contributed by atoms with Crippen LogP contribution in [0, 0.1) is 0 Å². The maximum absolute atomic E-state index is 12.9. The van der Waals surface area contributed by atoms with Crippen LogP contribution in [0.1, 0.15) is 19.4 Å². The number of nitrogens with zero attached hydrogens (tertiary/aromatic N) is 1. The lowest BCUT2D eigenvalue weighted by molar-refractivity contribution is -0.129. The summed E-state index contributed by atoms with van der Waals surface area (Å²) in [6, 6.07) is 11.4. The number of halogens is 2. The summed E-state index contributed by atoms with van der Waals surface area (Å²) in [7, 11) is 0. The first-order valence-electron chi connectivity index (χ1n) is 9.06. The third kappa shape index (κ3) is 4.98. The normalized spacial score (nSPS) is 16.1. The van der Waals surface area contributed by atoms with Crippen LogP contribution in [0.2, 0.25) is 10.0 Å². The van der Waals surface area contributed by atoms with Gasteiger partial charge in [0.2, 0.25) is 5.91 Å². The van der Waals surface area contributed by atoms with Crippen LogP contribution in [-0.4, -0.2) is 33.7 Å². The first-order valence-corrected chi connectivity index (χ1v) is 11.0. The van der Waals surface area contributed by atoms with Crippen molar-refractivity contribution in [1.29, 1.82) is 0 Å². The zero-order valence-electron chi connectivity index (χ0n) is 16.1. The largest absolute Gasteiger partial charge is 0.494 e. The van der Waals surface area contributed by atoms with Gasteiger partial charge in [0, 0.05) is 5.69 Å². The first kappa shape index (κ1) is 22.6. The van der Waals surface area contributed by atoms with Gasteiger partial charge >= 0.3 is 0 Å². The molecule has 156 valence electrons. The van der Waals surface area contributed by atoms with Crippen LogP contribution in [0.4, 0.5) is 5.69 Å². The van der Waals surface area contributed by atoms with Crippen molar-refractivity contribution in [3.63, 3.8) is 0 Å². The van der Waals surface area contributed by atoms with Gasteiger partial charge in [-0.05, 0) is 55.8 Å². The molecule has 2 aromatic rings. The number of anilines is 1. The fourth-order valence-corrected chi connectivity index (χ4v) is 4.52. The topological polar surface area (TPSA) is 58.6 Å². The smallest absolute Gasteiger partial charge is 0.266 e. The highest BCUT2D eigenvalue weighted by molar-refractivity contribution is 8.26. The van der Waals surface area contributed by atoms with E-state index in [1.54, 1.807) is 55.5 Å². The first-order chi connectivity index (χ1) is 14.3. The average Bonchev–Trinajstić information content (AvgIpc) is 2.99. The van der Waals surface area contributed by atoms with E-state index in [-0.39, 0.29) is 11.8 Å². The second kappa shape index (κ2) is 9.83. The molecule has 0 saturated carbocycles. The summed E-state index contributed by atoms with van der Waals surface area (Å²) in [6.45, 7) is 4.09. The van der Waals surface area contributed by atoms with Crippen LogP contribution in [0.5, 0.6) is 5.75 Å². The predicted octanol–water partition coefficient (Wildman–Crippen LogP) is 5.62. The quantitative estimate of drug-likeness (QED) is 0.429. The average molecular weight is 481 g/mol. The third-order valence-corrected chi connectivity index (χ3v) is 6.46. The highest BCUT2D eigenvalue weighted by Crippen LogP contribution is 2.36. The summed E-state index contributed by atoms with van der Waals surface area (Å²) >= 11 is 18.7. The van der Waals surface area contributed by atoms with E-state index >= 15 is 0 Å². The van der Waals surface area contributed by atoms with E-state index in [9.17, 15) is 9.59 Å². The summed E-state index contributed by atoms with van der Waals surface area (Å²) in [6.07, 6.45) is 1.63. The van der Waals surface area contributed by atoms with E-state index in [0.29, 0.717) is 42.9 Å². The van der Waals surface area contributed by atoms with Gasteiger partial charge in [0.1, 0.15) is 16.1 Å². The minimum absolute atomic E-state index is 0.304. The molecule has 1 atom stereocenters. The molecular formula is C21H18Cl2N2O3S2. The number of thiocarbonyl (C=S) groups is 1. The maximum Gasteiger partial charge on any atom is 0.266 e. The van der Waals surface area contributed by atoms with Gasteiger partial charge in [-0.3, -0.25) is 14.5 Å². The van der Waals surface area contributed by atoms with Gasteiger partial charge < -0.3 is 10.1 Å². The molecule has 1 N–H and O–H groups in total. The third-order valence-electron chi connectivity index (χ3n) is 4.29. The van der Waals surface area contributed by atoms with Gasteiger partial charge in [0.25, 0.3) is 5.91 Å². The number of thioether (sulfide) groups is 1. The Kier molecular flexibility index (Phi) is 7.41. The number of ether oxygens (including phenoxy) is 1. The molecule has 30 heavy (non-hydrogen) atoms. The number of nitrogens with one attached hydrogen (secondary N) is 1. The highest BCUT2D eigenvalue weighted by atomic mass is 35.5. The lowest BCUT2D eigenvalue weighted by atomic mass is 10.2. The van der Waals surface area contributed by atoms with E-state index in [2.05, 4.69) is 5.32 Å². The van der Waals surface area contributed by atoms with Crippen LogP contribution in [0.15, 0.2) is 47.4 Å². The van der Waals surface area contributed by atoms with E-state index < -0.39 is 6.04 Å². The number of rotatable bonds is 6. The molecule has 1 aliphatic heterocycles. The van der Waals surface area contributed by atoms with Gasteiger partial charge in [-0.25, -0.2) is 0 Å². The molecule has 0 bridgehead atoms. The molecule has 0 radical (unpaired) electrons. The summed E-state index contributed by atoms with van der Waals surface area (Å²) < 4.78 is 5.69. The van der Waals surface area contributed by atoms with Gasteiger partial charge in [0.05, 0.1) is 21.6 Å². The minimum Gasteiger partial charge on any atom is -0.494 e.